The molecule has 2 unspecified atom stereocenters. The van der Waals surface area contributed by atoms with Gasteiger partial charge in [-0.1, -0.05) is 6.92 Å². The van der Waals surface area contributed by atoms with E-state index in [1.165, 1.54) is 6.42 Å². The van der Waals surface area contributed by atoms with Gasteiger partial charge in [0.25, 0.3) is 0 Å². The minimum atomic E-state index is -0.415. The summed E-state index contributed by atoms with van der Waals surface area (Å²) in [5.41, 5.74) is -0.415. The number of piperidine rings is 1. The van der Waals surface area contributed by atoms with Crippen molar-refractivity contribution in [3.63, 3.8) is 0 Å². The van der Waals surface area contributed by atoms with Gasteiger partial charge in [-0.25, -0.2) is 4.79 Å². The van der Waals surface area contributed by atoms with Crippen molar-refractivity contribution in [3.8, 4) is 0 Å². The Morgan fingerprint density at radius 3 is 2.84 bits per heavy atom. The number of likely N-dealkylation sites (tertiary alicyclic amines) is 1. The van der Waals surface area contributed by atoms with E-state index in [9.17, 15) is 4.79 Å². The quantitative estimate of drug-likeness (QED) is 0.743. The summed E-state index contributed by atoms with van der Waals surface area (Å²) in [6.07, 6.45) is 3.22. The fourth-order valence-corrected chi connectivity index (χ4v) is 4.42. The molecule has 2 aliphatic heterocycles. The van der Waals surface area contributed by atoms with Gasteiger partial charge in [0.05, 0.1) is 11.4 Å². The summed E-state index contributed by atoms with van der Waals surface area (Å²) >= 11 is 1.99. The number of amides is 1. The third-order valence-electron chi connectivity index (χ3n) is 3.53. The Kier molecular flexibility index (Phi) is 4.35. The second kappa shape index (κ2) is 5.52. The molecule has 1 spiro atoms. The summed E-state index contributed by atoms with van der Waals surface area (Å²) in [4.78, 5) is 14.1. The molecule has 19 heavy (non-hydrogen) atoms. The molecule has 0 radical (unpaired) electrons. The molecule has 0 bridgehead atoms. The number of rotatable bonds is 0. The van der Waals surface area contributed by atoms with Gasteiger partial charge in [0.1, 0.15) is 5.60 Å². The predicted molar refractivity (Wildman–Crippen MR) is 79.4 cm³/mol. The molecule has 2 rings (SSSR count). The van der Waals surface area contributed by atoms with Gasteiger partial charge in [0.15, 0.2) is 0 Å². The van der Waals surface area contributed by atoms with Crippen molar-refractivity contribution in [1.29, 1.82) is 0 Å². The zero-order chi connectivity index (χ0) is 14.1. The molecule has 4 nitrogen and oxygen atoms in total. The molecule has 110 valence electrons. The number of thioether (sulfide) groups is 1. The fraction of sp³-hybridized carbons (Fsp3) is 0.929. The van der Waals surface area contributed by atoms with Gasteiger partial charge in [0, 0.05) is 11.8 Å². The second-order valence-electron chi connectivity index (χ2n) is 6.64. The Bertz CT molecular complexity index is 339. The summed E-state index contributed by atoms with van der Waals surface area (Å²) in [7, 11) is 0. The number of carbonyl (C=O) groups excluding carboxylic acids is 1. The predicted octanol–water partition coefficient (Wildman–Crippen LogP) is 2.83. The molecule has 5 heteroatoms. The molecule has 2 aliphatic rings. The van der Waals surface area contributed by atoms with Crippen LogP contribution >= 0.6 is 11.8 Å². The molecule has 0 aliphatic carbocycles. The van der Waals surface area contributed by atoms with E-state index in [2.05, 4.69) is 12.2 Å². The van der Waals surface area contributed by atoms with Gasteiger partial charge in [-0.15, -0.1) is 11.8 Å². The molecule has 2 fully saturated rings. The topological polar surface area (TPSA) is 41.6 Å². The number of hydrogen-bond donors (Lipinski definition) is 1. The highest BCUT2D eigenvalue weighted by Gasteiger charge is 2.41. The number of ether oxygens (including phenoxy) is 1. The van der Waals surface area contributed by atoms with Crippen LogP contribution < -0.4 is 5.32 Å². The lowest BCUT2D eigenvalue weighted by Crippen LogP contribution is -2.59. The van der Waals surface area contributed by atoms with E-state index in [0.717, 1.165) is 32.5 Å². The third kappa shape index (κ3) is 4.02. The van der Waals surface area contributed by atoms with Gasteiger partial charge >= 0.3 is 6.09 Å². The normalized spacial score (nSPS) is 32.4. The highest BCUT2D eigenvalue weighted by atomic mass is 32.2. The van der Waals surface area contributed by atoms with Gasteiger partial charge in [0.2, 0.25) is 0 Å². The lowest BCUT2D eigenvalue weighted by atomic mass is 10.0. The number of nitrogens with one attached hydrogen (secondary N) is 1. The van der Waals surface area contributed by atoms with E-state index in [1.807, 2.05) is 37.4 Å². The van der Waals surface area contributed by atoms with Crippen molar-refractivity contribution in [1.82, 2.24) is 10.2 Å². The maximum atomic E-state index is 12.2. The van der Waals surface area contributed by atoms with Crippen LogP contribution in [0.2, 0.25) is 0 Å². The van der Waals surface area contributed by atoms with Crippen LogP contribution in [0.15, 0.2) is 0 Å². The first-order chi connectivity index (χ1) is 8.80. The standard InChI is InChI=1S/C14H26N2O2S/c1-11-6-8-15-14(19-11)7-5-9-16(10-14)12(17)18-13(2,3)4/h11,15H,5-10H2,1-4H3. The smallest absolute Gasteiger partial charge is 0.410 e. The minimum absolute atomic E-state index is 0.0484. The summed E-state index contributed by atoms with van der Waals surface area (Å²) in [5.74, 6) is 0. The third-order valence-corrected chi connectivity index (χ3v) is 5.10. The van der Waals surface area contributed by atoms with Crippen molar-refractivity contribution < 1.29 is 9.53 Å². The van der Waals surface area contributed by atoms with Gasteiger partial charge in [-0.05, 0) is 46.6 Å². The summed E-state index contributed by atoms with van der Waals surface area (Å²) in [6.45, 7) is 10.7. The van der Waals surface area contributed by atoms with E-state index in [-0.39, 0.29) is 11.0 Å². The lowest BCUT2D eigenvalue weighted by molar-refractivity contribution is 0.0169. The largest absolute Gasteiger partial charge is 0.444 e. The van der Waals surface area contributed by atoms with Gasteiger partial charge < -0.3 is 15.0 Å². The van der Waals surface area contributed by atoms with Gasteiger partial charge in [-0.3, -0.25) is 0 Å². The van der Waals surface area contributed by atoms with Crippen LogP contribution in [0.3, 0.4) is 0 Å². The first-order valence-electron chi connectivity index (χ1n) is 7.20. The Morgan fingerprint density at radius 2 is 2.21 bits per heavy atom. The second-order valence-corrected chi connectivity index (χ2v) is 8.47. The van der Waals surface area contributed by atoms with Crippen LogP contribution in [0.25, 0.3) is 0 Å². The molecule has 2 atom stereocenters. The van der Waals surface area contributed by atoms with Crippen LogP contribution in [0.4, 0.5) is 4.79 Å². The van der Waals surface area contributed by atoms with Crippen LogP contribution in [0.1, 0.15) is 47.0 Å². The molecule has 2 saturated heterocycles. The number of nitrogens with zero attached hydrogens (tertiary/aromatic N) is 1. The Morgan fingerprint density at radius 1 is 1.47 bits per heavy atom. The fourth-order valence-electron chi connectivity index (χ4n) is 2.73. The first-order valence-corrected chi connectivity index (χ1v) is 8.08. The van der Waals surface area contributed by atoms with Gasteiger partial charge in [-0.2, -0.15) is 0 Å². The molecular formula is C14H26N2O2S. The first kappa shape index (κ1) is 15.0. The van der Waals surface area contributed by atoms with E-state index in [0.29, 0.717) is 5.25 Å². The van der Waals surface area contributed by atoms with E-state index >= 15 is 0 Å². The molecule has 2 heterocycles. The van der Waals surface area contributed by atoms with Crippen LogP contribution in [0.5, 0.6) is 0 Å². The van der Waals surface area contributed by atoms with Crippen molar-refractivity contribution >= 4 is 17.9 Å². The number of hydrogen-bond acceptors (Lipinski definition) is 4. The van der Waals surface area contributed by atoms with E-state index in [4.69, 9.17) is 4.74 Å². The van der Waals surface area contributed by atoms with E-state index in [1.54, 1.807) is 0 Å². The molecule has 0 aromatic heterocycles. The minimum Gasteiger partial charge on any atom is -0.444 e. The molecule has 1 N–H and O–H groups in total. The summed E-state index contributed by atoms with van der Waals surface area (Å²) in [5, 5.41) is 4.29. The monoisotopic (exact) mass is 286 g/mol. The Labute approximate surface area is 120 Å². The highest BCUT2D eigenvalue weighted by Crippen LogP contribution is 2.39. The molecule has 1 amide bonds. The Balaban J connectivity index is 1.98. The van der Waals surface area contributed by atoms with Crippen molar-refractivity contribution in [2.24, 2.45) is 0 Å². The average molecular weight is 286 g/mol. The van der Waals surface area contributed by atoms with Crippen LogP contribution in [0, 0.1) is 0 Å². The summed E-state index contributed by atoms with van der Waals surface area (Å²) < 4.78 is 5.49. The zero-order valence-electron chi connectivity index (χ0n) is 12.5. The molecule has 0 aromatic carbocycles. The highest BCUT2D eigenvalue weighted by molar-refractivity contribution is 8.01. The SMILES string of the molecule is CC1CCNC2(CCCN(C(=O)OC(C)(C)C)C2)S1. The average Bonchev–Trinajstić information content (AvgIpc) is 2.26. The maximum absolute atomic E-state index is 12.2. The Hall–Kier alpha value is -0.420. The molecular weight excluding hydrogens is 260 g/mol. The molecule has 0 aromatic rings. The van der Waals surface area contributed by atoms with Crippen LogP contribution in [-0.4, -0.2) is 46.3 Å². The lowest BCUT2D eigenvalue weighted by Gasteiger charge is -2.46. The number of carbonyl (C=O) groups is 1. The van der Waals surface area contributed by atoms with Crippen LogP contribution in [-0.2, 0) is 4.74 Å². The zero-order valence-corrected chi connectivity index (χ0v) is 13.3. The van der Waals surface area contributed by atoms with E-state index < -0.39 is 5.60 Å². The maximum Gasteiger partial charge on any atom is 0.410 e. The molecule has 0 saturated carbocycles. The summed E-state index contributed by atoms with van der Waals surface area (Å²) in [6, 6.07) is 0. The van der Waals surface area contributed by atoms with Crippen molar-refractivity contribution in [2.45, 2.75) is 62.7 Å². The van der Waals surface area contributed by atoms with Crippen molar-refractivity contribution in [3.05, 3.63) is 0 Å². The van der Waals surface area contributed by atoms with Crippen molar-refractivity contribution in [2.75, 3.05) is 19.6 Å².